The van der Waals surface area contributed by atoms with Gasteiger partial charge in [-0.25, -0.2) is 13.4 Å². The summed E-state index contributed by atoms with van der Waals surface area (Å²) in [6.07, 6.45) is 7.59. The summed E-state index contributed by atoms with van der Waals surface area (Å²) < 4.78 is 28.5. The molecule has 0 radical (unpaired) electrons. The fourth-order valence-corrected chi connectivity index (χ4v) is 4.82. The molecule has 2 aliphatic heterocycles. The van der Waals surface area contributed by atoms with Crippen LogP contribution in [0.1, 0.15) is 32.6 Å². The van der Waals surface area contributed by atoms with Crippen molar-refractivity contribution in [3.8, 4) is 0 Å². The Balaban J connectivity index is 1.65. The first-order valence-electron chi connectivity index (χ1n) is 7.86. The van der Waals surface area contributed by atoms with Gasteiger partial charge >= 0.3 is 0 Å². The molecule has 1 atom stereocenters. The number of hydrogen-bond acceptors (Lipinski definition) is 4. The second-order valence-corrected chi connectivity index (χ2v) is 7.87. The average Bonchev–Trinajstić information content (AvgIpc) is 3.19. The molecule has 0 bridgehead atoms. The number of aromatic nitrogens is 2. The van der Waals surface area contributed by atoms with Crippen LogP contribution in [0.2, 0.25) is 0 Å². The lowest BCUT2D eigenvalue weighted by atomic mass is 9.89. The SMILES string of the molecule is CCn1cnc(S(=O)(=O)N2CCC(C3CCCN3)CC2)c1. The van der Waals surface area contributed by atoms with Gasteiger partial charge in [-0.3, -0.25) is 0 Å². The van der Waals surface area contributed by atoms with Crippen molar-refractivity contribution in [2.45, 2.75) is 50.2 Å². The maximum atomic E-state index is 12.6. The van der Waals surface area contributed by atoms with Crippen molar-refractivity contribution in [2.75, 3.05) is 19.6 Å². The van der Waals surface area contributed by atoms with Gasteiger partial charge in [0.05, 0.1) is 6.33 Å². The standard InChI is InChI=1S/C14H24N4O2S/c1-2-17-10-14(16-11-17)21(19,20)18-8-5-12(6-9-18)13-4-3-7-15-13/h10-13,15H,2-9H2,1H3. The molecular formula is C14H24N4O2S. The van der Waals surface area contributed by atoms with Crippen LogP contribution < -0.4 is 5.32 Å². The normalized spacial score (nSPS) is 25.5. The van der Waals surface area contributed by atoms with E-state index >= 15 is 0 Å². The van der Waals surface area contributed by atoms with Gasteiger partial charge in [-0.05, 0) is 45.1 Å². The molecule has 6 nitrogen and oxygen atoms in total. The fourth-order valence-electron chi connectivity index (χ4n) is 3.41. The van der Waals surface area contributed by atoms with E-state index in [0.717, 1.165) is 25.9 Å². The fraction of sp³-hybridized carbons (Fsp3) is 0.786. The maximum Gasteiger partial charge on any atom is 0.262 e. The molecule has 21 heavy (non-hydrogen) atoms. The Morgan fingerprint density at radius 2 is 2.10 bits per heavy atom. The highest BCUT2D eigenvalue weighted by molar-refractivity contribution is 7.89. The van der Waals surface area contributed by atoms with Gasteiger partial charge in [0.15, 0.2) is 5.03 Å². The smallest absolute Gasteiger partial charge is 0.262 e. The van der Waals surface area contributed by atoms with E-state index in [1.165, 1.54) is 12.8 Å². The van der Waals surface area contributed by atoms with Crippen molar-refractivity contribution in [2.24, 2.45) is 5.92 Å². The molecule has 1 N–H and O–H groups in total. The van der Waals surface area contributed by atoms with Crippen LogP contribution in [0.4, 0.5) is 0 Å². The molecule has 2 saturated heterocycles. The van der Waals surface area contributed by atoms with Crippen LogP contribution in [0.3, 0.4) is 0 Å². The van der Waals surface area contributed by atoms with Crippen LogP contribution in [-0.4, -0.2) is 48.0 Å². The Morgan fingerprint density at radius 1 is 1.33 bits per heavy atom. The molecule has 2 aliphatic rings. The predicted octanol–water partition coefficient (Wildman–Crippen LogP) is 1.06. The van der Waals surface area contributed by atoms with E-state index in [9.17, 15) is 8.42 Å². The monoisotopic (exact) mass is 312 g/mol. The maximum absolute atomic E-state index is 12.6. The van der Waals surface area contributed by atoms with Gasteiger partial charge in [0, 0.05) is 31.9 Å². The van der Waals surface area contributed by atoms with E-state index in [1.54, 1.807) is 21.4 Å². The number of piperidine rings is 1. The molecule has 3 rings (SSSR count). The number of rotatable bonds is 4. The summed E-state index contributed by atoms with van der Waals surface area (Å²) in [4.78, 5) is 4.05. The molecule has 7 heteroatoms. The van der Waals surface area contributed by atoms with E-state index in [4.69, 9.17) is 0 Å². The molecule has 0 saturated carbocycles. The molecule has 0 spiro atoms. The Kier molecular flexibility index (Phi) is 4.33. The van der Waals surface area contributed by atoms with Gasteiger partial charge < -0.3 is 9.88 Å². The summed E-state index contributed by atoms with van der Waals surface area (Å²) in [6.45, 7) is 5.04. The molecule has 1 unspecified atom stereocenters. The first-order chi connectivity index (χ1) is 10.1. The summed E-state index contributed by atoms with van der Waals surface area (Å²) in [5, 5.41) is 3.72. The Labute approximate surface area is 126 Å². The minimum Gasteiger partial charge on any atom is -0.336 e. The van der Waals surface area contributed by atoms with E-state index in [-0.39, 0.29) is 5.03 Å². The van der Waals surface area contributed by atoms with E-state index in [2.05, 4.69) is 10.3 Å². The van der Waals surface area contributed by atoms with Crippen molar-refractivity contribution < 1.29 is 8.42 Å². The van der Waals surface area contributed by atoms with Gasteiger partial charge in [-0.1, -0.05) is 0 Å². The topological polar surface area (TPSA) is 67.2 Å². The van der Waals surface area contributed by atoms with Crippen LogP contribution in [0.5, 0.6) is 0 Å². The van der Waals surface area contributed by atoms with Crippen molar-refractivity contribution >= 4 is 10.0 Å². The Bertz CT molecular complexity index is 570. The number of imidazole rings is 1. The number of nitrogens with zero attached hydrogens (tertiary/aromatic N) is 3. The van der Waals surface area contributed by atoms with E-state index in [1.807, 2.05) is 6.92 Å². The minimum absolute atomic E-state index is 0.182. The van der Waals surface area contributed by atoms with Crippen LogP contribution in [0, 0.1) is 5.92 Å². The largest absolute Gasteiger partial charge is 0.336 e. The van der Waals surface area contributed by atoms with Gasteiger partial charge in [0.2, 0.25) is 0 Å². The lowest BCUT2D eigenvalue weighted by molar-refractivity contribution is 0.233. The summed E-state index contributed by atoms with van der Waals surface area (Å²) in [6, 6.07) is 0.592. The molecule has 1 aromatic heterocycles. The third-order valence-electron chi connectivity index (χ3n) is 4.74. The van der Waals surface area contributed by atoms with E-state index < -0.39 is 10.0 Å². The minimum atomic E-state index is -3.42. The second-order valence-electron chi connectivity index (χ2n) is 5.99. The summed E-state index contributed by atoms with van der Waals surface area (Å²) in [5.41, 5.74) is 0. The van der Waals surface area contributed by atoms with Crippen LogP contribution in [0.15, 0.2) is 17.6 Å². The van der Waals surface area contributed by atoms with Crippen molar-refractivity contribution in [3.05, 3.63) is 12.5 Å². The third kappa shape index (κ3) is 3.00. The van der Waals surface area contributed by atoms with Gasteiger partial charge in [-0.2, -0.15) is 4.31 Å². The summed E-state index contributed by atoms with van der Waals surface area (Å²) >= 11 is 0. The Morgan fingerprint density at radius 3 is 2.67 bits per heavy atom. The molecule has 0 aliphatic carbocycles. The highest BCUT2D eigenvalue weighted by Gasteiger charge is 2.34. The van der Waals surface area contributed by atoms with Crippen molar-refractivity contribution in [1.82, 2.24) is 19.2 Å². The average molecular weight is 312 g/mol. The molecule has 3 heterocycles. The zero-order valence-corrected chi connectivity index (χ0v) is 13.3. The highest BCUT2D eigenvalue weighted by atomic mass is 32.2. The molecule has 2 fully saturated rings. The first-order valence-corrected chi connectivity index (χ1v) is 9.30. The molecule has 0 amide bonds. The highest BCUT2D eigenvalue weighted by Crippen LogP contribution is 2.28. The summed E-state index contributed by atoms with van der Waals surface area (Å²) in [5.74, 6) is 0.618. The molecular weight excluding hydrogens is 288 g/mol. The van der Waals surface area contributed by atoms with Crippen molar-refractivity contribution in [1.29, 1.82) is 0 Å². The zero-order valence-electron chi connectivity index (χ0n) is 12.5. The molecule has 0 aromatic carbocycles. The van der Waals surface area contributed by atoms with Gasteiger partial charge in [0.25, 0.3) is 10.0 Å². The number of aryl methyl sites for hydroxylation is 1. The number of hydrogen-bond donors (Lipinski definition) is 1. The van der Waals surface area contributed by atoms with Crippen LogP contribution in [0.25, 0.3) is 0 Å². The Hall–Kier alpha value is -0.920. The van der Waals surface area contributed by atoms with Gasteiger partial charge in [-0.15, -0.1) is 0 Å². The second kappa shape index (κ2) is 6.06. The quantitative estimate of drug-likeness (QED) is 0.902. The lowest BCUT2D eigenvalue weighted by Crippen LogP contribution is -2.43. The number of nitrogens with one attached hydrogen (secondary N) is 1. The molecule has 118 valence electrons. The zero-order chi connectivity index (χ0) is 14.9. The number of sulfonamides is 1. The van der Waals surface area contributed by atoms with Crippen LogP contribution >= 0.6 is 0 Å². The molecule has 1 aromatic rings. The van der Waals surface area contributed by atoms with E-state index in [0.29, 0.717) is 25.0 Å². The van der Waals surface area contributed by atoms with Gasteiger partial charge in [0.1, 0.15) is 0 Å². The summed E-state index contributed by atoms with van der Waals surface area (Å²) in [7, 11) is -3.42. The predicted molar refractivity (Wildman–Crippen MR) is 80.4 cm³/mol. The lowest BCUT2D eigenvalue weighted by Gasteiger charge is -2.33. The van der Waals surface area contributed by atoms with Crippen molar-refractivity contribution in [3.63, 3.8) is 0 Å². The van der Waals surface area contributed by atoms with Crippen LogP contribution in [-0.2, 0) is 16.6 Å². The third-order valence-corrected chi connectivity index (χ3v) is 6.53. The first kappa shape index (κ1) is 15.0.